The molecule has 2 fully saturated rings. The summed E-state index contributed by atoms with van der Waals surface area (Å²) in [4.78, 5) is 43.6. The molecule has 5 rings (SSSR count). The highest BCUT2D eigenvalue weighted by molar-refractivity contribution is 6.31. The van der Waals surface area contributed by atoms with E-state index in [0.717, 1.165) is 31.8 Å². The first-order valence-electron chi connectivity index (χ1n) is 11.9. The summed E-state index contributed by atoms with van der Waals surface area (Å²) in [7, 11) is 1.57. The van der Waals surface area contributed by atoms with Crippen LogP contribution in [0.15, 0.2) is 34.2 Å². The molecule has 10 nitrogen and oxygen atoms in total. The smallest absolute Gasteiger partial charge is 0.318 e. The third-order valence-electron chi connectivity index (χ3n) is 6.82. The molecule has 186 valence electrons. The molecule has 2 aliphatic rings. The summed E-state index contributed by atoms with van der Waals surface area (Å²) in [6, 6.07) is 1.54. The average Bonchev–Trinajstić information content (AvgIpc) is 2.83. The number of hydrogen-bond donors (Lipinski definition) is 0. The number of hydrogen-bond acceptors (Lipinski definition) is 8. The van der Waals surface area contributed by atoms with Gasteiger partial charge >= 0.3 is 11.1 Å². The monoisotopic (exact) mass is 499 g/mol. The summed E-state index contributed by atoms with van der Waals surface area (Å²) in [5, 5.41) is 0.422. The fourth-order valence-corrected chi connectivity index (χ4v) is 5.22. The van der Waals surface area contributed by atoms with E-state index in [2.05, 4.69) is 38.6 Å². The molecule has 5 heterocycles. The van der Waals surface area contributed by atoms with Gasteiger partial charge in [-0.1, -0.05) is 11.6 Å². The van der Waals surface area contributed by atoms with Crippen molar-refractivity contribution in [3.05, 3.63) is 56.0 Å². The van der Waals surface area contributed by atoms with Gasteiger partial charge in [-0.25, -0.2) is 15.0 Å². The Hall–Kier alpha value is -2.82. The van der Waals surface area contributed by atoms with Gasteiger partial charge in [0.2, 0.25) is 5.95 Å². The predicted octanol–water partition coefficient (Wildman–Crippen LogP) is 1.99. The zero-order valence-corrected chi connectivity index (χ0v) is 21.0. The summed E-state index contributed by atoms with van der Waals surface area (Å²) >= 11 is 6.09. The molecular formula is C24H30ClN7O3. The van der Waals surface area contributed by atoms with Crippen LogP contribution in [0.5, 0.6) is 0 Å². The Bertz CT molecular complexity index is 1340. The van der Waals surface area contributed by atoms with Crippen molar-refractivity contribution in [3.8, 4) is 0 Å². The highest BCUT2D eigenvalue weighted by Gasteiger charge is 2.28. The highest BCUT2D eigenvalue weighted by atomic mass is 35.5. The zero-order valence-electron chi connectivity index (χ0n) is 20.3. The first kappa shape index (κ1) is 23.9. The molecule has 3 aromatic heterocycles. The molecule has 0 spiro atoms. The van der Waals surface area contributed by atoms with Gasteiger partial charge in [-0.2, -0.15) is 0 Å². The first-order valence-corrected chi connectivity index (χ1v) is 12.3. The van der Waals surface area contributed by atoms with Gasteiger partial charge in [0.05, 0.1) is 22.7 Å². The van der Waals surface area contributed by atoms with Crippen LogP contribution in [0.25, 0.3) is 11.2 Å². The second-order valence-corrected chi connectivity index (χ2v) is 10.4. The molecular weight excluding hydrogens is 470 g/mol. The first-order chi connectivity index (χ1) is 16.7. The van der Waals surface area contributed by atoms with Crippen LogP contribution in [-0.4, -0.2) is 67.4 Å². The fraction of sp³-hybridized carbons (Fsp3) is 0.542. The van der Waals surface area contributed by atoms with Gasteiger partial charge in [0, 0.05) is 70.0 Å². The summed E-state index contributed by atoms with van der Waals surface area (Å²) in [6.45, 7) is 8.88. The minimum Gasteiger partial charge on any atom is -0.373 e. The minimum absolute atomic E-state index is 0.132. The number of anilines is 1. The Kier molecular flexibility index (Phi) is 6.37. The number of pyridine rings is 1. The number of halogens is 1. The predicted molar refractivity (Wildman–Crippen MR) is 134 cm³/mol. The van der Waals surface area contributed by atoms with Crippen molar-refractivity contribution < 1.29 is 4.74 Å². The van der Waals surface area contributed by atoms with Gasteiger partial charge in [-0.3, -0.25) is 19.1 Å². The quantitative estimate of drug-likeness (QED) is 0.503. The molecule has 0 radical (unpaired) electrons. The van der Waals surface area contributed by atoms with Gasteiger partial charge in [0.1, 0.15) is 0 Å². The van der Waals surface area contributed by atoms with Crippen molar-refractivity contribution in [1.29, 1.82) is 0 Å². The number of piperidine rings is 1. The number of rotatable bonds is 4. The van der Waals surface area contributed by atoms with Crippen LogP contribution in [0.2, 0.25) is 5.02 Å². The van der Waals surface area contributed by atoms with Crippen molar-refractivity contribution in [2.45, 2.75) is 44.9 Å². The van der Waals surface area contributed by atoms with Crippen LogP contribution in [0, 0.1) is 0 Å². The molecule has 0 aromatic carbocycles. The minimum atomic E-state index is -0.577. The van der Waals surface area contributed by atoms with Gasteiger partial charge in [0.25, 0.3) is 0 Å². The summed E-state index contributed by atoms with van der Waals surface area (Å²) in [6.07, 6.45) is 6.65. The summed E-state index contributed by atoms with van der Waals surface area (Å²) in [5.74, 6) is 0.681. The lowest BCUT2D eigenvalue weighted by molar-refractivity contribution is -0.0883. The molecule has 0 N–H and O–H groups in total. The summed E-state index contributed by atoms with van der Waals surface area (Å²) in [5.41, 5.74) is 0.830. The Balaban J connectivity index is 1.29. The third-order valence-corrected chi connectivity index (χ3v) is 7.03. The third kappa shape index (κ3) is 4.82. The van der Waals surface area contributed by atoms with Crippen LogP contribution in [0.4, 0.5) is 5.95 Å². The van der Waals surface area contributed by atoms with Crippen LogP contribution in [0.1, 0.15) is 38.3 Å². The second kappa shape index (κ2) is 9.33. The molecule has 2 saturated heterocycles. The van der Waals surface area contributed by atoms with Crippen molar-refractivity contribution >= 4 is 28.7 Å². The molecule has 0 atom stereocenters. The lowest BCUT2D eigenvalue weighted by Gasteiger charge is -2.38. The maximum absolute atomic E-state index is 12.9. The Morgan fingerprint density at radius 3 is 2.46 bits per heavy atom. The number of nitrogens with zero attached hydrogens (tertiary/aromatic N) is 7. The van der Waals surface area contributed by atoms with E-state index >= 15 is 0 Å². The maximum Gasteiger partial charge on any atom is 0.318 e. The molecule has 3 aromatic rings. The SMILES string of the molecule is Cn1c(=O)c(=O)n(C2CCN(c3ncc(CN4CCOC(C)(C)C4)cn3)CC2)c2ncc(Cl)cc21. The highest BCUT2D eigenvalue weighted by Crippen LogP contribution is 2.26. The van der Waals surface area contributed by atoms with Crippen molar-refractivity contribution in [2.24, 2.45) is 7.05 Å². The standard InChI is InChI=1S/C24H30ClN7O3/c1-24(2)15-30(8-9-35-24)14-16-11-27-23(28-12-16)31-6-4-18(5-7-31)32-20-19(10-17(25)13-26-20)29(3)21(33)22(32)34/h10-13,18H,4-9,14-15H2,1-3H3. The van der Waals surface area contributed by atoms with Gasteiger partial charge in [-0.05, 0) is 32.8 Å². The van der Waals surface area contributed by atoms with Gasteiger partial charge < -0.3 is 14.2 Å². The molecule has 11 heteroatoms. The molecule has 0 saturated carbocycles. The van der Waals surface area contributed by atoms with Crippen molar-refractivity contribution in [2.75, 3.05) is 37.7 Å². The van der Waals surface area contributed by atoms with E-state index < -0.39 is 11.1 Å². The van der Waals surface area contributed by atoms with E-state index in [1.54, 1.807) is 17.7 Å². The van der Waals surface area contributed by atoms with Gasteiger partial charge in [0.15, 0.2) is 5.65 Å². The van der Waals surface area contributed by atoms with Crippen LogP contribution < -0.4 is 16.0 Å². The van der Waals surface area contributed by atoms with Crippen LogP contribution in [-0.2, 0) is 18.3 Å². The van der Waals surface area contributed by atoms with E-state index in [1.807, 2.05) is 12.4 Å². The molecule has 0 unspecified atom stereocenters. The van der Waals surface area contributed by atoms with Crippen molar-refractivity contribution in [1.82, 2.24) is 29.0 Å². The number of aryl methyl sites for hydroxylation is 1. The lowest BCUT2D eigenvalue weighted by Crippen LogP contribution is -2.47. The van der Waals surface area contributed by atoms with E-state index in [-0.39, 0.29) is 11.6 Å². The number of aromatic nitrogens is 5. The number of morpholine rings is 1. The van der Waals surface area contributed by atoms with Crippen molar-refractivity contribution in [3.63, 3.8) is 0 Å². The van der Waals surface area contributed by atoms with E-state index in [9.17, 15) is 9.59 Å². The number of fused-ring (bicyclic) bond motifs is 1. The molecule has 0 bridgehead atoms. The van der Waals surface area contributed by atoms with Crippen LogP contribution in [0.3, 0.4) is 0 Å². The number of ether oxygens (including phenoxy) is 1. The van der Waals surface area contributed by atoms with E-state index in [0.29, 0.717) is 48.1 Å². The largest absolute Gasteiger partial charge is 0.373 e. The second-order valence-electron chi connectivity index (χ2n) is 9.96. The van der Waals surface area contributed by atoms with E-state index in [4.69, 9.17) is 16.3 Å². The molecule has 35 heavy (non-hydrogen) atoms. The molecule has 0 aliphatic carbocycles. The van der Waals surface area contributed by atoms with Gasteiger partial charge in [-0.15, -0.1) is 0 Å². The molecule has 2 aliphatic heterocycles. The Labute approximate surface area is 208 Å². The lowest BCUT2D eigenvalue weighted by atomic mass is 10.0. The maximum atomic E-state index is 12.9. The van der Waals surface area contributed by atoms with Crippen LogP contribution >= 0.6 is 11.6 Å². The topological polar surface area (TPSA) is 98.4 Å². The average molecular weight is 500 g/mol. The fourth-order valence-electron chi connectivity index (χ4n) is 5.07. The zero-order chi connectivity index (χ0) is 24.7. The van der Waals surface area contributed by atoms with E-state index in [1.165, 1.54) is 10.8 Å². The Morgan fingerprint density at radius 1 is 1.06 bits per heavy atom. The Morgan fingerprint density at radius 2 is 1.77 bits per heavy atom. The normalized spacial score (nSPS) is 19.4. The summed E-state index contributed by atoms with van der Waals surface area (Å²) < 4.78 is 8.65. The molecule has 0 amide bonds.